The van der Waals surface area contributed by atoms with E-state index < -0.39 is 11.0 Å². The lowest BCUT2D eigenvalue weighted by atomic mass is 9.71. The summed E-state index contributed by atoms with van der Waals surface area (Å²) in [4.78, 5) is 7.54. The van der Waals surface area contributed by atoms with Gasteiger partial charge in [0.2, 0.25) is 0 Å². The van der Waals surface area contributed by atoms with Gasteiger partial charge in [-0.15, -0.1) is 0 Å². The molecular formula is C23H27FN2O2. The summed E-state index contributed by atoms with van der Waals surface area (Å²) in [5.74, 6) is 0.624. The molecule has 1 atom stereocenters. The van der Waals surface area contributed by atoms with Crippen LogP contribution in [-0.2, 0) is 11.8 Å². The van der Waals surface area contributed by atoms with E-state index in [1.54, 1.807) is 25.6 Å². The molecule has 0 radical (unpaired) electrons. The van der Waals surface area contributed by atoms with E-state index in [0.717, 1.165) is 35.0 Å². The van der Waals surface area contributed by atoms with Crippen LogP contribution in [0.15, 0.2) is 42.7 Å². The van der Waals surface area contributed by atoms with Gasteiger partial charge in [0.05, 0.1) is 24.4 Å². The first kappa shape index (κ1) is 18.9. The molecule has 1 unspecified atom stereocenters. The minimum atomic E-state index is -0.866. The van der Waals surface area contributed by atoms with E-state index in [4.69, 9.17) is 4.74 Å². The molecule has 2 aromatic heterocycles. The first-order valence-electron chi connectivity index (χ1n) is 9.79. The van der Waals surface area contributed by atoms with Crippen LogP contribution in [-0.4, -0.2) is 27.8 Å². The number of rotatable bonds is 7. The SMILES string of the molecule is COc1ccc(F)cc1C(C)(C)CC(O)(Cc1cc2ccncc2[nH]1)C1CC1. The first-order valence-corrected chi connectivity index (χ1v) is 9.79. The number of halogens is 1. The van der Waals surface area contributed by atoms with Gasteiger partial charge < -0.3 is 14.8 Å². The average molecular weight is 382 g/mol. The quantitative estimate of drug-likeness (QED) is 0.619. The van der Waals surface area contributed by atoms with Crippen molar-refractivity contribution in [1.29, 1.82) is 0 Å². The molecule has 0 spiro atoms. The third-order valence-corrected chi connectivity index (χ3v) is 5.95. The number of aliphatic hydroxyl groups is 1. The van der Waals surface area contributed by atoms with Crippen LogP contribution in [0, 0.1) is 11.7 Å². The molecule has 4 nitrogen and oxygen atoms in total. The number of aromatic amines is 1. The number of nitrogens with zero attached hydrogens (tertiary/aromatic N) is 1. The number of ether oxygens (including phenoxy) is 1. The molecule has 0 amide bonds. The second-order valence-electron chi connectivity index (χ2n) is 8.72. The Bertz CT molecular complexity index is 960. The van der Waals surface area contributed by atoms with Crippen LogP contribution in [0.2, 0.25) is 0 Å². The molecule has 1 saturated carbocycles. The van der Waals surface area contributed by atoms with E-state index in [1.807, 2.05) is 19.9 Å². The predicted molar refractivity (Wildman–Crippen MR) is 108 cm³/mol. The van der Waals surface area contributed by atoms with Crippen LogP contribution in [0.5, 0.6) is 5.75 Å². The molecule has 4 rings (SSSR count). The van der Waals surface area contributed by atoms with Crippen LogP contribution >= 0.6 is 0 Å². The van der Waals surface area contributed by atoms with Crippen molar-refractivity contribution in [3.63, 3.8) is 0 Å². The minimum absolute atomic E-state index is 0.260. The zero-order valence-electron chi connectivity index (χ0n) is 16.6. The Morgan fingerprint density at radius 3 is 2.71 bits per heavy atom. The second-order valence-corrected chi connectivity index (χ2v) is 8.72. The number of aromatic nitrogens is 2. The van der Waals surface area contributed by atoms with Crippen molar-refractivity contribution >= 4 is 10.9 Å². The van der Waals surface area contributed by atoms with Gasteiger partial charge in [-0.3, -0.25) is 4.98 Å². The monoisotopic (exact) mass is 382 g/mol. The fourth-order valence-electron chi connectivity index (χ4n) is 4.50. The van der Waals surface area contributed by atoms with Crippen molar-refractivity contribution in [3.05, 3.63) is 59.8 Å². The lowest BCUT2D eigenvalue weighted by Crippen LogP contribution is -2.41. The van der Waals surface area contributed by atoms with Crippen LogP contribution in [0.4, 0.5) is 4.39 Å². The Kier molecular flexibility index (Phi) is 4.66. The summed E-state index contributed by atoms with van der Waals surface area (Å²) < 4.78 is 19.4. The largest absolute Gasteiger partial charge is 0.496 e. The molecule has 0 bridgehead atoms. The molecule has 2 heterocycles. The predicted octanol–water partition coefficient (Wildman–Crippen LogP) is 4.76. The van der Waals surface area contributed by atoms with Crippen molar-refractivity contribution in [1.82, 2.24) is 9.97 Å². The van der Waals surface area contributed by atoms with E-state index >= 15 is 0 Å². The Labute approximate surface area is 164 Å². The fraction of sp³-hybridized carbons (Fsp3) is 0.435. The molecule has 1 aliphatic carbocycles. The highest BCUT2D eigenvalue weighted by Crippen LogP contribution is 2.48. The highest BCUT2D eigenvalue weighted by molar-refractivity contribution is 5.79. The highest BCUT2D eigenvalue weighted by Gasteiger charge is 2.47. The molecule has 1 aliphatic rings. The van der Waals surface area contributed by atoms with Crippen LogP contribution in [0.1, 0.15) is 44.4 Å². The molecule has 148 valence electrons. The summed E-state index contributed by atoms with van der Waals surface area (Å²) in [5.41, 5.74) is 1.45. The van der Waals surface area contributed by atoms with Gasteiger partial charge in [-0.05, 0) is 60.9 Å². The third-order valence-electron chi connectivity index (χ3n) is 5.95. The van der Waals surface area contributed by atoms with Crippen molar-refractivity contribution in [2.45, 2.75) is 50.5 Å². The van der Waals surface area contributed by atoms with Gasteiger partial charge in [0.25, 0.3) is 0 Å². The zero-order valence-corrected chi connectivity index (χ0v) is 16.6. The summed E-state index contributed by atoms with van der Waals surface area (Å²) in [6.07, 6.45) is 6.68. The summed E-state index contributed by atoms with van der Waals surface area (Å²) in [6.45, 7) is 4.10. The van der Waals surface area contributed by atoms with E-state index in [1.165, 1.54) is 12.1 Å². The number of fused-ring (bicyclic) bond motifs is 1. The van der Waals surface area contributed by atoms with Gasteiger partial charge >= 0.3 is 0 Å². The van der Waals surface area contributed by atoms with E-state index in [0.29, 0.717) is 18.6 Å². The smallest absolute Gasteiger partial charge is 0.123 e. The zero-order chi connectivity index (χ0) is 19.9. The highest BCUT2D eigenvalue weighted by atomic mass is 19.1. The second kappa shape index (κ2) is 6.89. The number of hydrogen-bond acceptors (Lipinski definition) is 3. The Hall–Kier alpha value is -2.40. The number of methoxy groups -OCH3 is 1. The van der Waals surface area contributed by atoms with Crippen molar-refractivity contribution < 1.29 is 14.2 Å². The lowest BCUT2D eigenvalue weighted by Gasteiger charge is -2.37. The van der Waals surface area contributed by atoms with Crippen LogP contribution in [0.25, 0.3) is 10.9 Å². The van der Waals surface area contributed by atoms with Gasteiger partial charge in [0.15, 0.2) is 0 Å². The molecule has 5 heteroatoms. The molecule has 1 aromatic carbocycles. The molecule has 28 heavy (non-hydrogen) atoms. The topological polar surface area (TPSA) is 58.1 Å². The van der Waals surface area contributed by atoms with Gasteiger partial charge in [0.1, 0.15) is 11.6 Å². The summed E-state index contributed by atoms with van der Waals surface area (Å²) in [7, 11) is 1.60. The Balaban J connectivity index is 1.65. The van der Waals surface area contributed by atoms with E-state index in [2.05, 4.69) is 16.0 Å². The number of H-pyrrole nitrogens is 1. The van der Waals surface area contributed by atoms with Gasteiger partial charge in [-0.2, -0.15) is 0 Å². The van der Waals surface area contributed by atoms with Crippen LogP contribution in [0.3, 0.4) is 0 Å². The summed E-state index contributed by atoms with van der Waals surface area (Å²) in [6, 6.07) is 8.64. The molecule has 0 saturated heterocycles. The molecular weight excluding hydrogens is 355 g/mol. The first-order chi connectivity index (χ1) is 13.3. The Morgan fingerprint density at radius 1 is 1.25 bits per heavy atom. The molecule has 2 N–H and O–H groups in total. The minimum Gasteiger partial charge on any atom is -0.496 e. The molecule has 1 fully saturated rings. The van der Waals surface area contributed by atoms with E-state index in [-0.39, 0.29) is 11.7 Å². The van der Waals surface area contributed by atoms with Crippen LogP contribution < -0.4 is 4.74 Å². The maximum atomic E-state index is 14.0. The number of nitrogens with one attached hydrogen (secondary N) is 1. The summed E-state index contributed by atoms with van der Waals surface area (Å²) >= 11 is 0. The maximum absolute atomic E-state index is 14.0. The average Bonchev–Trinajstić information content (AvgIpc) is 3.43. The molecule has 3 aromatic rings. The summed E-state index contributed by atoms with van der Waals surface area (Å²) in [5, 5.41) is 12.8. The molecule has 0 aliphatic heterocycles. The van der Waals surface area contributed by atoms with E-state index in [9.17, 15) is 9.50 Å². The number of benzene rings is 1. The third kappa shape index (κ3) is 3.63. The standard InChI is InChI=1S/C23H27FN2O2/c1-22(2,19-11-17(24)6-7-21(19)28-3)14-23(27,16-4-5-16)12-18-10-15-8-9-25-13-20(15)26-18/h6-11,13,16,26-27H,4-5,12,14H2,1-3H3. The number of pyridine rings is 1. The lowest BCUT2D eigenvalue weighted by molar-refractivity contribution is -0.00893. The van der Waals surface area contributed by atoms with Crippen molar-refractivity contribution in [2.75, 3.05) is 7.11 Å². The van der Waals surface area contributed by atoms with Gasteiger partial charge in [-0.25, -0.2) is 4.39 Å². The normalized spacial score (nSPS) is 16.9. The number of hydrogen-bond donors (Lipinski definition) is 2. The van der Waals surface area contributed by atoms with Crippen molar-refractivity contribution in [3.8, 4) is 5.75 Å². The fourth-order valence-corrected chi connectivity index (χ4v) is 4.50. The van der Waals surface area contributed by atoms with Gasteiger partial charge in [0, 0.05) is 29.3 Å². The van der Waals surface area contributed by atoms with Gasteiger partial charge in [-0.1, -0.05) is 13.8 Å². The maximum Gasteiger partial charge on any atom is 0.123 e. The van der Waals surface area contributed by atoms with Crippen molar-refractivity contribution in [2.24, 2.45) is 5.92 Å². The Morgan fingerprint density at radius 2 is 2.04 bits per heavy atom.